The monoisotopic (exact) mass is 659 g/mol. The molecule has 236 valence electrons. The van der Waals surface area contributed by atoms with Gasteiger partial charge in [-0.05, 0) is 55.3 Å². The lowest BCUT2D eigenvalue weighted by atomic mass is 9.95. The average Bonchev–Trinajstić information content (AvgIpc) is 3.52. The molecule has 0 spiro atoms. The van der Waals surface area contributed by atoms with Crippen molar-refractivity contribution in [1.82, 2.24) is 4.57 Å². The number of hydrogen-bond donors (Lipinski definition) is 0. The molecule has 46 heavy (non-hydrogen) atoms. The number of benzene rings is 3. The lowest BCUT2D eigenvalue weighted by molar-refractivity contribution is -0.139. The van der Waals surface area contributed by atoms with Crippen LogP contribution >= 0.6 is 22.9 Å². The highest BCUT2D eigenvalue weighted by Gasteiger charge is 2.38. The molecule has 0 saturated heterocycles. The minimum atomic E-state index is -0.963. The van der Waals surface area contributed by atoms with Crippen LogP contribution in [-0.4, -0.2) is 44.4 Å². The Bertz CT molecular complexity index is 2070. The summed E-state index contributed by atoms with van der Waals surface area (Å²) in [7, 11) is 4.46. The summed E-state index contributed by atoms with van der Waals surface area (Å²) in [6.45, 7) is 3.82. The van der Waals surface area contributed by atoms with Gasteiger partial charge >= 0.3 is 5.97 Å². The summed E-state index contributed by atoms with van der Waals surface area (Å²) in [4.78, 5) is 48.8. The van der Waals surface area contributed by atoms with Gasteiger partial charge in [0.05, 0.1) is 63.1 Å². The second-order valence-corrected chi connectivity index (χ2v) is 11.9. The third-order valence-corrected chi connectivity index (χ3v) is 9.20. The van der Waals surface area contributed by atoms with E-state index in [0.29, 0.717) is 49.6 Å². The molecule has 10 nitrogen and oxygen atoms in total. The van der Waals surface area contributed by atoms with Gasteiger partial charge in [0.15, 0.2) is 16.3 Å². The first kappa shape index (κ1) is 31.1. The van der Waals surface area contributed by atoms with E-state index in [-0.39, 0.29) is 34.7 Å². The molecule has 4 aromatic rings. The molecule has 2 aliphatic heterocycles. The molecule has 0 aliphatic carbocycles. The molecular formula is C34H30ClN3O7S. The van der Waals surface area contributed by atoms with E-state index in [0.717, 1.165) is 16.9 Å². The van der Waals surface area contributed by atoms with E-state index in [4.69, 9.17) is 30.5 Å². The third kappa shape index (κ3) is 5.15. The van der Waals surface area contributed by atoms with Gasteiger partial charge in [0, 0.05) is 10.6 Å². The van der Waals surface area contributed by atoms with Crippen molar-refractivity contribution in [2.24, 2.45) is 4.99 Å². The predicted octanol–water partition coefficient (Wildman–Crippen LogP) is 4.39. The first-order valence-corrected chi connectivity index (χ1v) is 15.6. The number of rotatable bonds is 8. The molecule has 6 rings (SSSR count). The molecule has 3 aromatic carbocycles. The Morgan fingerprint density at radius 1 is 0.978 bits per heavy atom. The van der Waals surface area contributed by atoms with Crippen molar-refractivity contribution >= 4 is 46.1 Å². The van der Waals surface area contributed by atoms with Crippen molar-refractivity contribution in [3.8, 4) is 17.2 Å². The van der Waals surface area contributed by atoms with Crippen molar-refractivity contribution in [1.29, 1.82) is 0 Å². The number of fused-ring (bicyclic) bond motifs is 2. The number of allylic oxidation sites excluding steroid dienone is 1. The van der Waals surface area contributed by atoms with E-state index in [2.05, 4.69) is 4.99 Å². The highest BCUT2D eigenvalue weighted by molar-refractivity contribution is 7.07. The number of hydrogen-bond acceptors (Lipinski definition) is 9. The van der Waals surface area contributed by atoms with Crippen LogP contribution < -0.4 is 34.0 Å². The summed E-state index contributed by atoms with van der Waals surface area (Å²) in [6, 6.07) is 17.1. The Morgan fingerprint density at radius 3 is 2.28 bits per heavy atom. The van der Waals surface area contributed by atoms with Crippen LogP contribution in [0.3, 0.4) is 0 Å². The predicted molar refractivity (Wildman–Crippen MR) is 175 cm³/mol. The van der Waals surface area contributed by atoms with Crippen molar-refractivity contribution in [3.63, 3.8) is 0 Å². The molecule has 1 amide bonds. The number of aromatic nitrogens is 1. The largest absolute Gasteiger partial charge is 0.493 e. The average molecular weight is 660 g/mol. The molecule has 1 aromatic heterocycles. The maximum Gasteiger partial charge on any atom is 0.338 e. The Morgan fingerprint density at radius 2 is 1.65 bits per heavy atom. The molecule has 0 bridgehead atoms. The maximum absolute atomic E-state index is 14.6. The van der Waals surface area contributed by atoms with Crippen molar-refractivity contribution in [2.75, 3.05) is 32.8 Å². The van der Waals surface area contributed by atoms with E-state index >= 15 is 0 Å². The van der Waals surface area contributed by atoms with Crippen LogP contribution in [0.5, 0.6) is 17.2 Å². The highest BCUT2D eigenvalue weighted by atomic mass is 35.5. The van der Waals surface area contributed by atoms with Gasteiger partial charge in [0.2, 0.25) is 5.75 Å². The number of anilines is 1. The number of ether oxygens (including phenoxy) is 4. The smallest absolute Gasteiger partial charge is 0.338 e. The van der Waals surface area contributed by atoms with Gasteiger partial charge in [-0.2, -0.15) is 0 Å². The van der Waals surface area contributed by atoms with Crippen LogP contribution in [-0.2, 0) is 20.9 Å². The quantitative estimate of drug-likeness (QED) is 0.258. The molecular weight excluding hydrogens is 630 g/mol. The van der Waals surface area contributed by atoms with Crippen LogP contribution in [0, 0.1) is 0 Å². The number of halogens is 1. The molecule has 3 heterocycles. The van der Waals surface area contributed by atoms with Gasteiger partial charge in [0.1, 0.15) is 4.53 Å². The number of esters is 1. The zero-order chi connectivity index (χ0) is 32.7. The van der Waals surface area contributed by atoms with Crippen LogP contribution in [0.25, 0.3) is 5.57 Å². The number of amides is 1. The molecule has 2 aliphatic rings. The minimum absolute atomic E-state index is 0.126. The summed E-state index contributed by atoms with van der Waals surface area (Å²) < 4.78 is 23.8. The van der Waals surface area contributed by atoms with Crippen LogP contribution in [0.2, 0.25) is 5.02 Å². The fourth-order valence-electron chi connectivity index (χ4n) is 5.85. The second-order valence-electron chi connectivity index (χ2n) is 10.5. The van der Waals surface area contributed by atoms with Crippen molar-refractivity contribution in [3.05, 3.63) is 113 Å². The van der Waals surface area contributed by atoms with Crippen LogP contribution in [0.4, 0.5) is 5.69 Å². The molecule has 0 N–H and O–H groups in total. The summed E-state index contributed by atoms with van der Waals surface area (Å²) in [5, 5.41) is 0.595. The van der Waals surface area contributed by atoms with E-state index in [9.17, 15) is 14.4 Å². The fourth-order valence-corrected chi connectivity index (χ4v) is 7.11. The Balaban J connectivity index is 1.60. The second kappa shape index (κ2) is 12.5. The Kier molecular flexibility index (Phi) is 8.45. The van der Waals surface area contributed by atoms with Crippen molar-refractivity contribution in [2.45, 2.75) is 26.4 Å². The van der Waals surface area contributed by atoms with E-state index < -0.39 is 17.6 Å². The first-order chi connectivity index (χ1) is 22.2. The standard InChI is InChI=1S/C34H30ClN3O7S/c1-6-45-33(41)26-18(2)36-34-38(28(26)20-15-24(42-3)29(44-5)25(16-20)43-4)32(40)30(46-34)27-22-9-7-8-10-23(22)37(31(27)39)17-19-11-13-21(35)14-12-19/h7-16,28H,6,17H2,1-5H3/b30-27+/t28-/m1/s1. The molecule has 0 unspecified atom stereocenters. The van der Waals surface area contributed by atoms with Gasteiger partial charge in [-0.15, -0.1) is 0 Å². The maximum atomic E-state index is 14.6. The summed E-state index contributed by atoms with van der Waals surface area (Å²) in [5.41, 5.74) is 3.09. The van der Waals surface area contributed by atoms with Crippen molar-refractivity contribution < 1.29 is 28.5 Å². The number of carbonyl (C=O) groups excluding carboxylic acids is 2. The van der Waals surface area contributed by atoms with E-state index in [1.807, 2.05) is 36.4 Å². The zero-order valence-electron chi connectivity index (χ0n) is 25.8. The lowest BCUT2D eigenvalue weighted by Gasteiger charge is -2.26. The Labute approximate surface area is 273 Å². The zero-order valence-corrected chi connectivity index (χ0v) is 27.3. The number of thiazole rings is 1. The van der Waals surface area contributed by atoms with Crippen LogP contribution in [0.15, 0.2) is 81.7 Å². The lowest BCUT2D eigenvalue weighted by Crippen LogP contribution is -2.41. The summed E-state index contributed by atoms with van der Waals surface area (Å²) >= 11 is 7.19. The van der Waals surface area contributed by atoms with Gasteiger partial charge in [-0.1, -0.05) is 53.3 Å². The molecule has 0 fully saturated rings. The Hall–Kier alpha value is -4.87. The number of carbonyl (C=O) groups is 2. The summed E-state index contributed by atoms with van der Waals surface area (Å²) in [5.74, 6) is 0.120. The summed E-state index contributed by atoms with van der Waals surface area (Å²) in [6.07, 6.45) is 0. The normalized spacial score (nSPS) is 16.5. The van der Waals surface area contributed by atoms with E-state index in [1.165, 1.54) is 25.9 Å². The topological polar surface area (TPSA) is 109 Å². The van der Waals surface area contributed by atoms with E-state index in [1.54, 1.807) is 43.0 Å². The molecule has 1 atom stereocenters. The van der Waals surface area contributed by atoms with Gasteiger partial charge in [-0.3, -0.25) is 14.2 Å². The minimum Gasteiger partial charge on any atom is -0.493 e. The molecule has 0 radical (unpaired) electrons. The first-order valence-electron chi connectivity index (χ1n) is 14.4. The fraction of sp³-hybridized carbons (Fsp3) is 0.235. The van der Waals surface area contributed by atoms with Gasteiger partial charge < -0.3 is 23.8 Å². The number of methoxy groups -OCH3 is 3. The third-order valence-electron chi connectivity index (χ3n) is 7.90. The highest BCUT2D eigenvalue weighted by Crippen LogP contribution is 2.43. The van der Waals surface area contributed by atoms with Crippen LogP contribution in [0.1, 0.15) is 36.6 Å². The van der Waals surface area contributed by atoms with Gasteiger partial charge in [-0.25, -0.2) is 9.79 Å². The SMILES string of the molecule is CCOC(=O)C1=C(C)N=c2s/c(=C3/C(=O)N(Cc4ccc(Cl)cc4)c4ccccc43)c(=O)n2[C@@H]1c1cc(OC)c(OC)c(OC)c1. The number of nitrogens with zero attached hydrogens (tertiary/aromatic N) is 3. The van der Waals surface area contributed by atoms with Gasteiger partial charge in [0.25, 0.3) is 11.5 Å². The molecule has 12 heteroatoms. The molecule has 0 saturated carbocycles. The number of para-hydroxylation sites is 1.